The number of aryl methyl sites for hydroxylation is 1. The van der Waals surface area contributed by atoms with Gasteiger partial charge in [0.25, 0.3) is 0 Å². The van der Waals surface area contributed by atoms with Crippen LogP contribution in [0.25, 0.3) is 0 Å². The number of carbonyl (C=O) groups excluding carboxylic acids is 1. The predicted octanol–water partition coefficient (Wildman–Crippen LogP) is 3.35. The Labute approximate surface area is 120 Å². The molecule has 2 heteroatoms. The fourth-order valence-corrected chi connectivity index (χ4v) is 4.38. The van der Waals surface area contributed by atoms with Gasteiger partial charge in [-0.1, -0.05) is 24.3 Å². The van der Waals surface area contributed by atoms with Gasteiger partial charge in [0.2, 0.25) is 0 Å². The lowest BCUT2D eigenvalue weighted by molar-refractivity contribution is -0.122. The minimum atomic E-state index is 0.335. The summed E-state index contributed by atoms with van der Waals surface area (Å²) >= 11 is 0. The maximum absolute atomic E-state index is 12.6. The number of benzene rings is 1. The third-order valence-corrected chi connectivity index (χ3v) is 5.53. The van der Waals surface area contributed by atoms with Crippen LogP contribution in [0.15, 0.2) is 24.3 Å². The van der Waals surface area contributed by atoms with Gasteiger partial charge in [0.15, 0.2) is 0 Å². The lowest BCUT2D eigenvalue weighted by Crippen LogP contribution is -2.19. The molecule has 3 unspecified atom stereocenters. The maximum atomic E-state index is 12.6. The van der Waals surface area contributed by atoms with Crippen molar-refractivity contribution >= 4 is 5.78 Å². The summed E-state index contributed by atoms with van der Waals surface area (Å²) in [6.45, 7) is 1.69. The molecule has 106 valence electrons. The first-order valence-electron chi connectivity index (χ1n) is 8.03. The third kappa shape index (κ3) is 2.10. The van der Waals surface area contributed by atoms with Crippen LogP contribution in [0.1, 0.15) is 42.7 Å². The quantitative estimate of drug-likeness (QED) is 0.842. The summed E-state index contributed by atoms with van der Waals surface area (Å²) in [4.78, 5) is 12.6. The Kier molecular flexibility index (Phi) is 3.14. The molecule has 1 saturated heterocycles. The van der Waals surface area contributed by atoms with Crippen molar-refractivity contribution in [3.8, 4) is 0 Å². The van der Waals surface area contributed by atoms with Gasteiger partial charge in [-0.05, 0) is 54.6 Å². The fourth-order valence-electron chi connectivity index (χ4n) is 4.38. The normalized spacial score (nSPS) is 32.3. The topological polar surface area (TPSA) is 26.3 Å². The highest BCUT2D eigenvalue weighted by molar-refractivity contribution is 5.86. The fraction of sp³-hybridized carbons (Fsp3) is 0.611. The predicted molar refractivity (Wildman–Crippen MR) is 77.7 cm³/mol. The second-order valence-corrected chi connectivity index (χ2v) is 6.68. The summed E-state index contributed by atoms with van der Waals surface area (Å²) in [5, 5.41) is 0. The molecule has 2 nitrogen and oxygen atoms in total. The standard InChI is InChI=1S/C18H22O2/c19-16(11-12-7-9-20-10-8-12)18-15-6-5-13-3-1-2-4-14(13)17(15)18/h1-4,12,15,17-18H,5-11H2. The van der Waals surface area contributed by atoms with Crippen LogP contribution in [0.4, 0.5) is 0 Å². The Morgan fingerprint density at radius 2 is 1.95 bits per heavy atom. The summed E-state index contributed by atoms with van der Waals surface area (Å²) in [5.41, 5.74) is 2.95. The average Bonchev–Trinajstić information content (AvgIpc) is 3.23. The van der Waals surface area contributed by atoms with Gasteiger partial charge in [-0.2, -0.15) is 0 Å². The Hall–Kier alpha value is -1.15. The molecule has 4 rings (SSSR count). The highest BCUT2D eigenvalue weighted by Crippen LogP contribution is 2.60. The van der Waals surface area contributed by atoms with Crippen molar-refractivity contribution in [2.24, 2.45) is 17.8 Å². The first kappa shape index (κ1) is 12.6. The summed E-state index contributed by atoms with van der Waals surface area (Å²) in [6, 6.07) is 8.73. The van der Waals surface area contributed by atoms with E-state index in [2.05, 4.69) is 24.3 Å². The first-order chi connectivity index (χ1) is 9.84. The van der Waals surface area contributed by atoms with Crippen molar-refractivity contribution in [2.75, 3.05) is 13.2 Å². The minimum absolute atomic E-state index is 0.335. The Morgan fingerprint density at radius 3 is 2.80 bits per heavy atom. The number of rotatable bonds is 3. The molecule has 2 fully saturated rings. The Balaban J connectivity index is 1.45. The SMILES string of the molecule is O=C(CC1CCOCC1)C1C2CCc3ccccc3C21. The molecule has 3 aliphatic rings. The van der Waals surface area contributed by atoms with Crippen molar-refractivity contribution < 1.29 is 9.53 Å². The van der Waals surface area contributed by atoms with E-state index >= 15 is 0 Å². The molecular weight excluding hydrogens is 248 g/mol. The van der Waals surface area contributed by atoms with E-state index in [4.69, 9.17) is 4.74 Å². The number of fused-ring (bicyclic) bond motifs is 3. The molecule has 2 aliphatic carbocycles. The zero-order valence-corrected chi connectivity index (χ0v) is 11.9. The zero-order chi connectivity index (χ0) is 13.5. The monoisotopic (exact) mass is 270 g/mol. The lowest BCUT2D eigenvalue weighted by Gasteiger charge is -2.21. The van der Waals surface area contributed by atoms with E-state index in [9.17, 15) is 4.79 Å². The molecule has 1 aliphatic heterocycles. The van der Waals surface area contributed by atoms with Crippen molar-refractivity contribution in [1.29, 1.82) is 0 Å². The van der Waals surface area contributed by atoms with Crippen LogP contribution < -0.4 is 0 Å². The van der Waals surface area contributed by atoms with Gasteiger partial charge in [-0.25, -0.2) is 0 Å². The van der Waals surface area contributed by atoms with E-state index in [0.29, 0.717) is 29.5 Å². The van der Waals surface area contributed by atoms with Crippen molar-refractivity contribution in [3.63, 3.8) is 0 Å². The van der Waals surface area contributed by atoms with E-state index in [1.165, 1.54) is 24.0 Å². The number of carbonyl (C=O) groups is 1. The molecule has 3 atom stereocenters. The molecule has 1 heterocycles. The molecule has 1 aromatic carbocycles. The maximum Gasteiger partial charge on any atom is 0.137 e. The van der Waals surface area contributed by atoms with Gasteiger partial charge in [0, 0.05) is 25.6 Å². The van der Waals surface area contributed by atoms with Crippen molar-refractivity contribution in [1.82, 2.24) is 0 Å². The molecule has 1 aromatic rings. The third-order valence-electron chi connectivity index (χ3n) is 5.53. The van der Waals surface area contributed by atoms with Gasteiger partial charge in [-0.3, -0.25) is 4.79 Å². The molecule has 0 spiro atoms. The number of hydrogen-bond acceptors (Lipinski definition) is 2. The van der Waals surface area contributed by atoms with Crippen LogP contribution in [0.5, 0.6) is 0 Å². The highest BCUT2D eigenvalue weighted by atomic mass is 16.5. The molecule has 20 heavy (non-hydrogen) atoms. The van der Waals surface area contributed by atoms with E-state index in [-0.39, 0.29) is 0 Å². The first-order valence-corrected chi connectivity index (χ1v) is 8.03. The van der Waals surface area contributed by atoms with E-state index in [1.807, 2.05) is 0 Å². The van der Waals surface area contributed by atoms with Gasteiger partial charge < -0.3 is 4.74 Å². The van der Waals surface area contributed by atoms with Crippen molar-refractivity contribution in [3.05, 3.63) is 35.4 Å². The smallest absolute Gasteiger partial charge is 0.137 e. The number of Topliss-reactive ketones (excluding diaryl/α,β-unsaturated/α-hetero) is 1. The second kappa shape index (κ2) is 5.00. The van der Waals surface area contributed by atoms with E-state index < -0.39 is 0 Å². The van der Waals surface area contributed by atoms with Gasteiger partial charge in [0.05, 0.1) is 0 Å². The van der Waals surface area contributed by atoms with Crippen LogP contribution in [-0.4, -0.2) is 19.0 Å². The van der Waals surface area contributed by atoms with Gasteiger partial charge in [0.1, 0.15) is 5.78 Å². The molecule has 0 bridgehead atoms. The molecule has 0 aromatic heterocycles. The largest absolute Gasteiger partial charge is 0.381 e. The number of ketones is 1. The van der Waals surface area contributed by atoms with Crippen LogP contribution in [0, 0.1) is 17.8 Å². The summed E-state index contributed by atoms with van der Waals surface area (Å²) in [7, 11) is 0. The van der Waals surface area contributed by atoms with Gasteiger partial charge >= 0.3 is 0 Å². The lowest BCUT2D eigenvalue weighted by atomic mass is 9.91. The summed E-state index contributed by atoms with van der Waals surface area (Å²) < 4.78 is 5.39. The van der Waals surface area contributed by atoms with E-state index in [0.717, 1.165) is 32.5 Å². The van der Waals surface area contributed by atoms with Gasteiger partial charge in [-0.15, -0.1) is 0 Å². The van der Waals surface area contributed by atoms with Crippen molar-refractivity contribution in [2.45, 2.75) is 38.0 Å². The van der Waals surface area contributed by atoms with E-state index in [1.54, 1.807) is 0 Å². The Bertz CT molecular complexity index is 516. The summed E-state index contributed by atoms with van der Waals surface area (Å²) in [6.07, 6.45) is 5.32. The molecule has 0 radical (unpaired) electrons. The molecule has 0 amide bonds. The molecule has 0 N–H and O–H groups in total. The summed E-state index contributed by atoms with van der Waals surface area (Å²) in [5.74, 6) is 2.64. The van der Waals surface area contributed by atoms with Crippen LogP contribution in [0.3, 0.4) is 0 Å². The highest BCUT2D eigenvalue weighted by Gasteiger charge is 2.56. The zero-order valence-electron chi connectivity index (χ0n) is 11.9. The second-order valence-electron chi connectivity index (χ2n) is 6.68. The van der Waals surface area contributed by atoms with Crippen LogP contribution in [0.2, 0.25) is 0 Å². The number of ether oxygens (including phenoxy) is 1. The van der Waals surface area contributed by atoms with Crippen LogP contribution in [-0.2, 0) is 16.0 Å². The minimum Gasteiger partial charge on any atom is -0.381 e. The van der Waals surface area contributed by atoms with Crippen LogP contribution >= 0.6 is 0 Å². The molecule has 1 saturated carbocycles. The number of hydrogen-bond donors (Lipinski definition) is 0. The average molecular weight is 270 g/mol. The molecular formula is C18H22O2. The Morgan fingerprint density at radius 1 is 1.15 bits per heavy atom.